The SMILES string of the molecule is C[C@H](NC(=O)c1nc(N)nc(N(C)C)n1)c1cncc(F)c1. The molecule has 0 fully saturated rings. The number of amides is 1. The minimum atomic E-state index is -0.533. The molecule has 0 aromatic carbocycles. The number of nitrogen functional groups attached to an aromatic ring is 1. The van der Waals surface area contributed by atoms with Crippen LogP contribution < -0.4 is 16.0 Å². The number of carbonyl (C=O) groups is 1. The highest BCUT2D eigenvalue weighted by Gasteiger charge is 2.17. The number of hydrogen-bond donors (Lipinski definition) is 2. The van der Waals surface area contributed by atoms with Crippen LogP contribution in [0, 0.1) is 5.82 Å². The van der Waals surface area contributed by atoms with Crippen molar-refractivity contribution in [3.8, 4) is 0 Å². The summed E-state index contributed by atoms with van der Waals surface area (Å²) < 4.78 is 13.2. The van der Waals surface area contributed by atoms with Crippen LogP contribution in [-0.2, 0) is 0 Å². The van der Waals surface area contributed by atoms with E-state index in [0.29, 0.717) is 5.56 Å². The Morgan fingerprint density at radius 2 is 2.05 bits per heavy atom. The van der Waals surface area contributed by atoms with Gasteiger partial charge in [-0.3, -0.25) is 9.78 Å². The summed E-state index contributed by atoms with van der Waals surface area (Å²) in [7, 11) is 3.44. The second kappa shape index (κ2) is 6.29. The third-order valence-electron chi connectivity index (χ3n) is 2.82. The number of anilines is 2. The lowest BCUT2D eigenvalue weighted by atomic mass is 10.1. The molecule has 116 valence electrons. The number of halogens is 1. The number of pyridine rings is 1. The molecule has 0 saturated heterocycles. The Morgan fingerprint density at radius 3 is 2.68 bits per heavy atom. The molecule has 8 nitrogen and oxygen atoms in total. The maximum absolute atomic E-state index is 13.2. The number of nitrogens with two attached hydrogens (primary N) is 1. The van der Waals surface area contributed by atoms with Gasteiger partial charge in [0.15, 0.2) is 0 Å². The molecule has 2 rings (SSSR count). The zero-order chi connectivity index (χ0) is 16.3. The van der Waals surface area contributed by atoms with Gasteiger partial charge in [0.25, 0.3) is 5.91 Å². The summed E-state index contributed by atoms with van der Waals surface area (Å²) in [5, 5.41) is 2.66. The van der Waals surface area contributed by atoms with Gasteiger partial charge in [0.1, 0.15) is 5.82 Å². The van der Waals surface area contributed by atoms with Crippen LogP contribution in [0.3, 0.4) is 0 Å². The number of nitrogens with zero attached hydrogens (tertiary/aromatic N) is 5. The van der Waals surface area contributed by atoms with Gasteiger partial charge < -0.3 is 16.0 Å². The Hall–Kier alpha value is -2.84. The van der Waals surface area contributed by atoms with Crippen molar-refractivity contribution in [1.29, 1.82) is 0 Å². The first-order valence-corrected chi connectivity index (χ1v) is 6.47. The topological polar surface area (TPSA) is 110 Å². The molecule has 0 spiro atoms. The summed E-state index contributed by atoms with van der Waals surface area (Å²) in [6.45, 7) is 1.70. The van der Waals surface area contributed by atoms with Crippen LogP contribution in [0.15, 0.2) is 18.5 Å². The van der Waals surface area contributed by atoms with Crippen molar-refractivity contribution in [2.45, 2.75) is 13.0 Å². The van der Waals surface area contributed by atoms with Crippen molar-refractivity contribution in [1.82, 2.24) is 25.3 Å². The molecule has 0 saturated carbocycles. The van der Waals surface area contributed by atoms with Gasteiger partial charge in [-0.2, -0.15) is 15.0 Å². The van der Waals surface area contributed by atoms with E-state index in [1.165, 1.54) is 12.3 Å². The molecule has 22 heavy (non-hydrogen) atoms. The molecule has 9 heteroatoms. The summed E-state index contributed by atoms with van der Waals surface area (Å²) in [6.07, 6.45) is 2.56. The summed E-state index contributed by atoms with van der Waals surface area (Å²) >= 11 is 0. The van der Waals surface area contributed by atoms with E-state index >= 15 is 0 Å². The summed E-state index contributed by atoms with van der Waals surface area (Å²) in [5.74, 6) is -0.888. The van der Waals surface area contributed by atoms with E-state index in [2.05, 4.69) is 25.3 Å². The Morgan fingerprint density at radius 1 is 1.32 bits per heavy atom. The highest BCUT2D eigenvalue weighted by atomic mass is 19.1. The van der Waals surface area contributed by atoms with Crippen molar-refractivity contribution in [3.05, 3.63) is 35.7 Å². The molecule has 1 atom stereocenters. The number of carbonyl (C=O) groups excluding carboxylic acids is 1. The van der Waals surface area contributed by atoms with Crippen molar-refractivity contribution in [3.63, 3.8) is 0 Å². The van der Waals surface area contributed by atoms with Crippen molar-refractivity contribution in [2.24, 2.45) is 0 Å². The largest absolute Gasteiger partial charge is 0.368 e. The smallest absolute Gasteiger partial charge is 0.289 e. The summed E-state index contributed by atoms with van der Waals surface area (Å²) in [5.41, 5.74) is 6.10. The first-order valence-electron chi connectivity index (χ1n) is 6.47. The third kappa shape index (κ3) is 3.62. The lowest BCUT2D eigenvalue weighted by Gasteiger charge is -2.15. The third-order valence-corrected chi connectivity index (χ3v) is 2.82. The Bertz CT molecular complexity index is 692. The molecule has 3 N–H and O–H groups in total. The molecular formula is C13H16FN7O. The maximum atomic E-state index is 13.2. The van der Waals surface area contributed by atoms with Crippen molar-refractivity contribution in [2.75, 3.05) is 24.7 Å². The van der Waals surface area contributed by atoms with Gasteiger partial charge in [-0.05, 0) is 18.6 Å². The highest BCUT2D eigenvalue weighted by molar-refractivity contribution is 5.91. The number of aromatic nitrogens is 4. The van der Waals surface area contributed by atoms with Gasteiger partial charge in [0.05, 0.1) is 12.2 Å². The first-order chi connectivity index (χ1) is 10.4. The molecule has 2 heterocycles. The van der Waals surface area contributed by atoms with Gasteiger partial charge in [-0.25, -0.2) is 4.39 Å². The van der Waals surface area contributed by atoms with E-state index in [4.69, 9.17) is 5.73 Å². The van der Waals surface area contributed by atoms with E-state index in [-0.39, 0.29) is 17.7 Å². The minimum Gasteiger partial charge on any atom is -0.368 e. The highest BCUT2D eigenvalue weighted by Crippen LogP contribution is 2.13. The van der Waals surface area contributed by atoms with E-state index < -0.39 is 17.8 Å². The molecule has 0 aliphatic rings. The standard InChI is InChI=1S/C13H16FN7O/c1-7(8-4-9(14)6-16-5-8)17-11(22)10-18-12(15)20-13(19-10)21(2)3/h4-7H,1-3H3,(H,17,22)(H2,15,18,19,20)/t7-/m0/s1. The monoisotopic (exact) mass is 305 g/mol. The quantitative estimate of drug-likeness (QED) is 0.848. The lowest BCUT2D eigenvalue weighted by molar-refractivity contribution is 0.0929. The number of rotatable bonds is 4. The molecule has 0 aliphatic heterocycles. The normalized spacial score (nSPS) is 11.8. The fourth-order valence-electron chi connectivity index (χ4n) is 1.69. The lowest BCUT2D eigenvalue weighted by Crippen LogP contribution is -2.29. The van der Waals surface area contributed by atoms with E-state index in [1.807, 2.05) is 0 Å². The van der Waals surface area contributed by atoms with Gasteiger partial charge >= 0.3 is 0 Å². The van der Waals surface area contributed by atoms with Crippen LogP contribution >= 0.6 is 0 Å². The second-order valence-electron chi connectivity index (χ2n) is 4.84. The average molecular weight is 305 g/mol. The molecule has 0 aliphatic carbocycles. The minimum absolute atomic E-state index is 0.0519. The molecule has 0 unspecified atom stereocenters. The van der Waals surface area contributed by atoms with Crippen LogP contribution in [-0.4, -0.2) is 39.9 Å². The van der Waals surface area contributed by atoms with Gasteiger partial charge in [-0.1, -0.05) is 0 Å². The predicted octanol–water partition coefficient (Wildman–Crippen LogP) is 0.545. The summed E-state index contributed by atoms with van der Waals surface area (Å²) in [4.78, 5) is 29.3. The Labute approximate surface area is 126 Å². The van der Waals surface area contributed by atoms with Gasteiger partial charge in [-0.15, -0.1) is 0 Å². The fourth-order valence-corrected chi connectivity index (χ4v) is 1.69. The first kappa shape index (κ1) is 15.5. The zero-order valence-electron chi connectivity index (χ0n) is 12.4. The van der Waals surface area contributed by atoms with E-state index in [1.54, 1.807) is 25.9 Å². The van der Waals surface area contributed by atoms with Crippen molar-refractivity contribution < 1.29 is 9.18 Å². The van der Waals surface area contributed by atoms with Crippen LogP contribution in [0.2, 0.25) is 0 Å². The van der Waals surface area contributed by atoms with Crippen LogP contribution in [0.5, 0.6) is 0 Å². The van der Waals surface area contributed by atoms with Gasteiger partial charge in [0.2, 0.25) is 17.7 Å². The predicted molar refractivity (Wildman–Crippen MR) is 78.6 cm³/mol. The van der Waals surface area contributed by atoms with Crippen molar-refractivity contribution >= 4 is 17.8 Å². The van der Waals surface area contributed by atoms with E-state index in [9.17, 15) is 9.18 Å². The number of nitrogens with one attached hydrogen (secondary N) is 1. The Balaban J connectivity index is 2.18. The summed E-state index contributed by atoms with van der Waals surface area (Å²) in [6, 6.07) is 0.835. The van der Waals surface area contributed by atoms with Crippen LogP contribution in [0.25, 0.3) is 0 Å². The molecule has 2 aromatic rings. The molecular weight excluding hydrogens is 289 g/mol. The average Bonchev–Trinajstić information content (AvgIpc) is 2.46. The van der Waals surface area contributed by atoms with Crippen LogP contribution in [0.4, 0.5) is 16.3 Å². The second-order valence-corrected chi connectivity index (χ2v) is 4.84. The molecule has 1 amide bonds. The zero-order valence-corrected chi connectivity index (χ0v) is 12.4. The maximum Gasteiger partial charge on any atom is 0.289 e. The molecule has 0 radical (unpaired) electrons. The molecule has 0 bridgehead atoms. The molecule has 2 aromatic heterocycles. The van der Waals surface area contributed by atoms with E-state index in [0.717, 1.165) is 6.20 Å². The number of hydrogen-bond acceptors (Lipinski definition) is 7. The Kier molecular flexibility index (Phi) is 4.44. The fraction of sp³-hybridized carbons (Fsp3) is 0.308. The van der Waals surface area contributed by atoms with Crippen LogP contribution in [0.1, 0.15) is 29.1 Å². The van der Waals surface area contributed by atoms with Gasteiger partial charge in [0, 0.05) is 20.3 Å².